The average molecular weight is 506 g/mol. The van der Waals surface area contributed by atoms with Gasteiger partial charge in [0.2, 0.25) is 0 Å². The van der Waals surface area contributed by atoms with Crippen LogP contribution in [0.15, 0.2) is 48.5 Å². The van der Waals surface area contributed by atoms with E-state index in [4.69, 9.17) is 0 Å². The molecule has 36 heavy (non-hydrogen) atoms. The third-order valence-electron chi connectivity index (χ3n) is 5.50. The third-order valence-corrected chi connectivity index (χ3v) is 5.50. The molecule has 0 saturated carbocycles. The predicted molar refractivity (Wildman–Crippen MR) is 113 cm³/mol. The Morgan fingerprint density at radius 1 is 0.444 bits per heavy atom. The highest BCUT2D eigenvalue weighted by Gasteiger charge is 2.34. The van der Waals surface area contributed by atoms with Gasteiger partial charge in [0.25, 0.3) is 0 Å². The van der Waals surface area contributed by atoms with Crippen molar-refractivity contribution in [3.05, 3.63) is 106 Å². The second kappa shape index (κ2) is 9.37. The molecule has 0 heterocycles. The van der Waals surface area contributed by atoms with Gasteiger partial charge in [0.15, 0.2) is 53.3 Å². The fourth-order valence-corrected chi connectivity index (χ4v) is 3.93. The van der Waals surface area contributed by atoms with Crippen LogP contribution in [0.3, 0.4) is 0 Å². The summed E-state index contributed by atoms with van der Waals surface area (Å²) in [6.07, 6.45) is -0.757. The molecule has 0 atom stereocenters. The molecule has 182 valence electrons. The molecule has 0 saturated heterocycles. The smallest absolute Gasteiger partial charge is 0.198 e. The Bertz CT molecular complexity index is 1550. The molecule has 0 N–H and O–H groups in total. The summed E-state index contributed by atoms with van der Waals surface area (Å²) < 4.78 is 118. The summed E-state index contributed by atoms with van der Waals surface area (Å²) in [6, 6.07) is 10.0. The lowest BCUT2D eigenvalue weighted by molar-refractivity contribution is 0.109. The van der Waals surface area contributed by atoms with Gasteiger partial charge in [0.05, 0.1) is 5.56 Å². The van der Waals surface area contributed by atoms with E-state index in [0.717, 1.165) is 18.2 Å². The second-order valence-corrected chi connectivity index (χ2v) is 7.41. The molecule has 10 heteroatoms. The minimum absolute atomic E-state index is 0.0519. The van der Waals surface area contributed by atoms with Gasteiger partial charge < -0.3 is 0 Å². The van der Waals surface area contributed by atoms with Gasteiger partial charge in [-0.05, 0) is 17.2 Å². The highest BCUT2D eigenvalue weighted by Crippen LogP contribution is 2.46. The normalized spacial score (nSPS) is 11.0. The predicted octanol–water partition coefficient (Wildman–Crippen LogP) is 7.43. The SMILES string of the molecule is O=Cc1c(F)c(F)c(F)c(-c2c(F)c(F)c(F)c(F)c2-c2cccc(F)c2-c2ccccc2)c1C=O. The molecule has 4 aromatic rings. The second-order valence-electron chi connectivity index (χ2n) is 7.41. The van der Waals surface area contributed by atoms with Crippen molar-refractivity contribution in [1.29, 1.82) is 0 Å². The van der Waals surface area contributed by atoms with E-state index in [9.17, 15) is 35.9 Å². The van der Waals surface area contributed by atoms with E-state index in [2.05, 4.69) is 0 Å². The zero-order chi connectivity index (χ0) is 26.3. The van der Waals surface area contributed by atoms with E-state index in [1.54, 1.807) is 6.07 Å². The van der Waals surface area contributed by atoms with E-state index >= 15 is 8.78 Å². The Morgan fingerprint density at radius 2 is 0.972 bits per heavy atom. The molecule has 0 fully saturated rings. The molecule has 0 bridgehead atoms. The summed E-state index contributed by atoms with van der Waals surface area (Å²) in [5.41, 5.74) is -8.14. The van der Waals surface area contributed by atoms with E-state index < -0.39 is 91.8 Å². The average Bonchev–Trinajstić information content (AvgIpc) is 2.88. The van der Waals surface area contributed by atoms with Crippen LogP contribution in [0.4, 0.5) is 35.1 Å². The van der Waals surface area contributed by atoms with Crippen LogP contribution in [0, 0.1) is 46.5 Å². The molecule has 4 aromatic carbocycles. The van der Waals surface area contributed by atoms with Gasteiger partial charge >= 0.3 is 0 Å². The molecular weight excluding hydrogens is 496 g/mol. The quantitative estimate of drug-likeness (QED) is 0.122. The number of carbonyl (C=O) groups is 2. The Balaban J connectivity index is 2.28. The van der Waals surface area contributed by atoms with Crippen molar-refractivity contribution >= 4 is 12.6 Å². The van der Waals surface area contributed by atoms with Crippen LogP contribution < -0.4 is 0 Å². The van der Waals surface area contributed by atoms with Crippen molar-refractivity contribution in [3.8, 4) is 33.4 Å². The van der Waals surface area contributed by atoms with Gasteiger partial charge in [0, 0.05) is 27.8 Å². The van der Waals surface area contributed by atoms with Gasteiger partial charge in [-0.25, -0.2) is 35.1 Å². The van der Waals surface area contributed by atoms with E-state index in [1.165, 1.54) is 24.3 Å². The van der Waals surface area contributed by atoms with E-state index in [1.807, 2.05) is 0 Å². The largest absolute Gasteiger partial charge is 0.298 e. The monoisotopic (exact) mass is 506 g/mol. The highest BCUT2D eigenvalue weighted by molar-refractivity contribution is 6.02. The summed E-state index contributed by atoms with van der Waals surface area (Å²) in [7, 11) is 0. The first-order chi connectivity index (χ1) is 17.1. The summed E-state index contributed by atoms with van der Waals surface area (Å²) in [6.45, 7) is 0. The fourth-order valence-electron chi connectivity index (χ4n) is 3.93. The van der Waals surface area contributed by atoms with Gasteiger partial charge in [-0.15, -0.1) is 0 Å². The molecule has 4 rings (SSSR count). The van der Waals surface area contributed by atoms with Crippen molar-refractivity contribution in [2.45, 2.75) is 0 Å². The third kappa shape index (κ3) is 3.65. The molecular formula is C26H10F8O2. The molecule has 0 amide bonds. The molecule has 0 aliphatic heterocycles. The van der Waals surface area contributed by atoms with Crippen LogP contribution in [-0.2, 0) is 0 Å². The summed E-state index contributed by atoms with van der Waals surface area (Å²) in [4.78, 5) is 23.0. The number of carbonyl (C=O) groups excluding carboxylic acids is 2. The minimum atomic E-state index is -2.47. The maximum absolute atomic E-state index is 15.3. The lowest BCUT2D eigenvalue weighted by atomic mass is 9.85. The van der Waals surface area contributed by atoms with Gasteiger partial charge in [0.1, 0.15) is 5.82 Å². The standard InChI is InChI=1S/C26H10F8O2/c27-15-8-4-7-12(16(15)11-5-2-1-3-6-11)17-19(23(31)26(34)25(33)21(17)29)18-13(9-35)14(10-36)20(28)24(32)22(18)30/h1-10H. The molecule has 0 aromatic heterocycles. The van der Waals surface area contributed by atoms with Crippen molar-refractivity contribution in [2.24, 2.45) is 0 Å². The Morgan fingerprint density at radius 3 is 1.56 bits per heavy atom. The lowest BCUT2D eigenvalue weighted by Crippen LogP contribution is -2.11. The Labute approximate surface area is 197 Å². The first-order valence-corrected chi connectivity index (χ1v) is 9.97. The number of aldehydes is 2. The van der Waals surface area contributed by atoms with Crippen molar-refractivity contribution in [1.82, 2.24) is 0 Å². The summed E-state index contributed by atoms with van der Waals surface area (Å²) in [5.74, 6) is -17.1. The topological polar surface area (TPSA) is 34.1 Å². The number of hydrogen-bond acceptors (Lipinski definition) is 2. The van der Waals surface area contributed by atoms with Crippen LogP contribution in [0.1, 0.15) is 20.7 Å². The van der Waals surface area contributed by atoms with Gasteiger partial charge in [-0.1, -0.05) is 42.5 Å². The Kier molecular flexibility index (Phi) is 6.45. The number of benzene rings is 4. The van der Waals surface area contributed by atoms with Gasteiger partial charge in [-0.3, -0.25) is 9.59 Å². The molecule has 2 nitrogen and oxygen atoms in total. The van der Waals surface area contributed by atoms with E-state index in [-0.39, 0.29) is 11.8 Å². The number of hydrogen-bond donors (Lipinski definition) is 0. The molecule has 0 unspecified atom stereocenters. The summed E-state index contributed by atoms with van der Waals surface area (Å²) in [5, 5.41) is 0. The first-order valence-electron chi connectivity index (χ1n) is 9.97. The number of halogens is 8. The molecule has 0 aliphatic rings. The van der Waals surface area contributed by atoms with Crippen LogP contribution in [-0.4, -0.2) is 12.6 Å². The van der Waals surface area contributed by atoms with E-state index in [0.29, 0.717) is 0 Å². The van der Waals surface area contributed by atoms with Crippen LogP contribution in [0.2, 0.25) is 0 Å². The van der Waals surface area contributed by atoms with Gasteiger partial charge in [-0.2, -0.15) is 0 Å². The summed E-state index contributed by atoms with van der Waals surface area (Å²) >= 11 is 0. The molecule has 0 spiro atoms. The van der Waals surface area contributed by atoms with Crippen molar-refractivity contribution in [3.63, 3.8) is 0 Å². The first kappa shape index (κ1) is 24.8. The van der Waals surface area contributed by atoms with Crippen LogP contribution >= 0.6 is 0 Å². The zero-order valence-electron chi connectivity index (χ0n) is 17.6. The lowest BCUT2D eigenvalue weighted by Gasteiger charge is -2.20. The maximum atomic E-state index is 15.3. The number of rotatable bonds is 5. The maximum Gasteiger partial charge on any atom is 0.198 e. The van der Waals surface area contributed by atoms with Crippen molar-refractivity contribution < 1.29 is 44.7 Å². The van der Waals surface area contributed by atoms with Crippen LogP contribution in [0.5, 0.6) is 0 Å². The molecule has 0 aliphatic carbocycles. The minimum Gasteiger partial charge on any atom is -0.298 e. The fraction of sp³-hybridized carbons (Fsp3) is 0. The Hall–Kier alpha value is -4.34. The molecule has 0 radical (unpaired) electrons. The van der Waals surface area contributed by atoms with Crippen molar-refractivity contribution in [2.75, 3.05) is 0 Å². The van der Waals surface area contributed by atoms with Crippen LogP contribution in [0.25, 0.3) is 33.4 Å². The highest BCUT2D eigenvalue weighted by atomic mass is 19.2. The zero-order valence-corrected chi connectivity index (χ0v) is 17.6.